The average molecular weight is 599 g/mol. The van der Waals surface area contributed by atoms with Crippen LogP contribution in [0.15, 0.2) is 79.0 Å². The first-order valence-electron chi connectivity index (χ1n) is 15.1. The molecular formula is C36H42N2O4S. The van der Waals surface area contributed by atoms with Gasteiger partial charge in [-0.1, -0.05) is 89.8 Å². The molecule has 0 radical (unpaired) electrons. The van der Waals surface area contributed by atoms with Gasteiger partial charge in [-0.05, 0) is 64.9 Å². The molecule has 1 atom stereocenters. The summed E-state index contributed by atoms with van der Waals surface area (Å²) in [6.07, 6.45) is 8.14. The van der Waals surface area contributed by atoms with Gasteiger partial charge >= 0.3 is 5.97 Å². The monoisotopic (exact) mass is 598 g/mol. The van der Waals surface area contributed by atoms with Crippen LogP contribution >= 0.6 is 11.3 Å². The molecule has 2 N–H and O–H groups in total. The number of aromatic nitrogens is 1. The van der Waals surface area contributed by atoms with Crippen molar-refractivity contribution in [2.75, 3.05) is 6.61 Å². The van der Waals surface area contributed by atoms with Crippen LogP contribution in [0.2, 0.25) is 0 Å². The number of aliphatic carboxylic acids is 1. The predicted molar refractivity (Wildman–Crippen MR) is 175 cm³/mol. The van der Waals surface area contributed by atoms with Gasteiger partial charge in [0, 0.05) is 23.7 Å². The van der Waals surface area contributed by atoms with Crippen LogP contribution in [0.3, 0.4) is 0 Å². The second-order valence-corrected chi connectivity index (χ2v) is 12.9. The van der Waals surface area contributed by atoms with E-state index in [1.54, 1.807) is 23.5 Å². The Morgan fingerprint density at radius 3 is 2.16 bits per heavy atom. The lowest BCUT2D eigenvalue weighted by molar-refractivity contribution is -0.139. The van der Waals surface area contributed by atoms with Gasteiger partial charge in [0.2, 0.25) is 0 Å². The molecule has 1 amide bonds. The molecule has 0 aliphatic heterocycles. The van der Waals surface area contributed by atoms with Crippen molar-refractivity contribution < 1.29 is 19.4 Å². The van der Waals surface area contributed by atoms with Gasteiger partial charge in [-0.3, -0.25) is 4.79 Å². The average Bonchev–Trinajstić information content (AvgIpc) is 3.49. The van der Waals surface area contributed by atoms with Crippen molar-refractivity contribution in [2.45, 2.75) is 77.7 Å². The summed E-state index contributed by atoms with van der Waals surface area (Å²) in [5.74, 6) is -0.590. The van der Waals surface area contributed by atoms with Crippen molar-refractivity contribution in [2.24, 2.45) is 0 Å². The third-order valence-electron chi connectivity index (χ3n) is 7.42. The number of hydrogen-bond donors (Lipinski definition) is 2. The summed E-state index contributed by atoms with van der Waals surface area (Å²) in [6, 6.07) is 22.1. The summed E-state index contributed by atoms with van der Waals surface area (Å²) in [7, 11) is 0. The molecule has 1 aromatic heterocycles. The van der Waals surface area contributed by atoms with Gasteiger partial charge in [0.05, 0.1) is 11.5 Å². The van der Waals surface area contributed by atoms with E-state index < -0.39 is 17.9 Å². The molecule has 43 heavy (non-hydrogen) atoms. The standard InChI is InChI=1S/C36H42N2O4S/c1-5-6-7-8-9-22-42-30-20-16-26(17-21-30)32-24-37-34(43-32)28-12-10-25(11-13-28)23-31(35(40)41)38-33(39)27-14-18-29(19-15-27)36(2,3)4/h10-21,24,31H,5-9,22-23H2,1-4H3,(H,38,39)(H,40,41). The van der Waals surface area contributed by atoms with Crippen molar-refractivity contribution >= 4 is 23.2 Å². The zero-order valence-electron chi connectivity index (χ0n) is 25.6. The lowest BCUT2D eigenvalue weighted by Gasteiger charge is -2.19. The molecule has 4 rings (SSSR count). The van der Waals surface area contributed by atoms with Gasteiger partial charge in [-0.15, -0.1) is 11.3 Å². The minimum Gasteiger partial charge on any atom is -0.494 e. The molecule has 3 aromatic carbocycles. The zero-order valence-corrected chi connectivity index (χ0v) is 26.4. The summed E-state index contributed by atoms with van der Waals surface area (Å²) < 4.78 is 5.89. The lowest BCUT2D eigenvalue weighted by Crippen LogP contribution is -2.42. The highest BCUT2D eigenvalue weighted by molar-refractivity contribution is 7.18. The number of rotatable bonds is 14. The Morgan fingerprint density at radius 1 is 0.884 bits per heavy atom. The Morgan fingerprint density at radius 2 is 1.53 bits per heavy atom. The Balaban J connectivity index is 1.33. The molecule has 0 aliphatic carbocycles. The Kier molecular flexibility index (Phi) is 11.1. The molecule has 1 heterocycles. The quantitative estimate of drug-likeness (QED) is 0.142. The fraction of sp³-hybridized carbons (Fsp3) is 0.361. The molecular weight excluding hydrogens is 556 g/mol. The first-order valence-corrected chi connectivity index (χ1v) is 15.9. The number of amides is 1. The van der Waals surface area contributed by atoms with Crippen LogP contribution in [0.25, 0.3) is 21.0 Å². The van der Waals surface area contributed by atoms with E-state index in [9.17, 15) is 14.7 Å². The molecule has 0 fully saturated rings. The number of hydrogen-bond acceptors (Lipinski definition) is 5. The molecule has 0 saturated heterocycles. The van der Waals surface area contributed by atoms with Crippen LogP contribution in [0.4, 0.5) is 0 Å². The summed E-state index contributed by atoms with van der Waals surface area (Å²) in [5, 5.41) is 13.4. The number of carbonyl (C=O) groups is 2. The highest BCUT2D eigenvalue weighted by Crippen LogP contribution is 2.33. The van der Waals surface area contributed by atoms with Crippen LogP contribution < -0.4 is 10.1 Å². The number of nitrogens with one attached hydrogen (secondary N) is 1. The van der Waals surface area contributed by atoms with Gasteiger partial charge in [0.15, 0.2) is 0 Å². The SMILES string of the molecule is CCCCCCCOc1ccc(-c2cnc(-c3ccc(CC(NC(=O)c4ccc(C(C)(C)C)cc4)C(=O)O)cc3)s2)cc1. The number of benzene rings is 3. The van der Waals surface area contributed by atoms with Gasteiger partial charge in [-0.2, -0.15) is 0 Å². The summed E-state index contributed by atoms with van der Waals surface area (Å²) in [4.78, 5) is 30.4. The Bertz CT molecular complexity index is 1470. The van der Waals surface area contributed by atoms with Gasteiger partial charge in [-0.25, -0.2) is 9.78 Å². The maximum absolute atomic E-state index is 12.8. The molecule has 4 aromatic rings. The second kappa shape index (κ2) is 15.0. The normalized spacial score (nSPS) is 12.1. The van der Waals surface area contributed by atoms with Crippen molar-refractivity contribution in [3.8, 4) is 26.8 Å². The number of nitrogens with zero attached hydrogens (tertiary/aromatic N) is 1. The largest absolute Gasteiger partial charge is 0.494 e. The molecule has 0 bridgehead atoms. The first-order chi connectivity index (χ1) is 20.6. The van der Waals surface area contributed by atoms with E-state index in [2.05, 4.69) is 50.1 Å². The second-order valence-electron chi connectivity index (χ2n) is 11.9. The Hall–Kier alpha value is -3.97. The van der Waals surface area contributed by atoms with Crippen LogP contribution in [0, 0.1) is 0 Å². The number of carbonyl (C=O) groups excluding carboxylic acids is 1. The molecule has 0 spiro atoms. The summed E-state index contributed by atoms with van der Waals surface area (Å²) in [5.41, 5.74) is 4.38. The minimum atomic E-state index is -1.07. The molecule has 0 saturated carbocycles. The van der Waals surface area contributed by atoms with E-state index in [1.807, 2.05) is 54.7 Å². The molecule has 226 valence electrons. The van der Waals surface area contributed by atoms with Crippen molar-refractivity contribution in [3.05, 3.63) is 95.7 Å². The van der Waals surface area contributed by atoms with Crippen molar-refractivity contribution in [1.82, 2.24) is 10.3 Å². The van der Waals surface area contributed by atoms with E-state index >= 15 is 0 Å². The third kappa shape index (κ3) is 9.26. The van der Waals surface area contributed by atoms with E-state index in [-0.39, 0.29) is 11.8 Å². The van der Waals surface area contributed by atoms with E-state index in [1.165, 1.54) is 25.7 Å². The zero-order chi connectivity index (χ0) is 30.8. The number of thiazole rings is 1. The van der Waals surface area contributed by atoms with Gasteiger partial charge in [0.1, 0.15) is 16.8 Å². The highest BCUT2D eigenvalue weighted by Gasteiger charge is 2.22. The van der Waals surface area contributed by atoms with Crippen LogP contribution in [0.1, 0.15) is 81.3 Å². The fourth-order valence-electron chi connectivity index (χ4n) is 4.73. The molecule has 7 heteroatoms. The van der Waals surface area contributed by atoms with E-state index in [4.69, 9.17) is 4.74 Å². The van der Waals surface area contributed by atoms with E-state index in [0.29, 0.717) is 5.56 Å². The maximum atomic E-state index is 12.8. The van der Waals surface area contributed by atoms with Crippen molar-refractivity contribution in [1.29, 1.82) is 0 Å². The van der Waals surface area contributed by atoms with E-state index in [0.717, 1.165) is 50.9 Å². The van der Waals surface area contributed by atoms with Crippen LogP contribution in [-0.2, 0) is 16.6 Å². The summed E-state index contributed by atoms with van der Waals surface area (Å²) in [6.45, 7) is 9.28. The minimum absolute atomic E-state index is 0.0291. The number of carboxylic acids is 1. The highest BCUT2D eigenvalue weighted by atomic mass is 32.1. The molecule has 1 unspecified atom stereocenters. The van der Waals surface area contributed by atoms with Crippen molar-refractivity contribution in [3.63, 3.8) is 0 Å². The molecule has 6 nitrogen and oxygen atoms in total. The molecule has 0 aliphatic rings. The van der Waals surface area contributed by atoms with Crippen LogP contribution in [0.5, 0.6) is 5.75 Å². The van der Waals surface area contributed by atoms with Gasteiger partial charge < -0.3 is 15.2 Å². The smallest absolute Gasteiger partial charge is 0.326 e. The topological polar surface area (TPSA) is 88.5 Å². The predicted octanol–water partition coefficient (Wildman–Crippen LogP) is 8.55. The fourth-order valence-corrected chi connectivity index (χ4v) is 5.66. The lowest BCUT2D eigenvalue weighted by atomic mass is 9.86. The Labute approximate surface area is 259 Å². The van der Waals surface area contributed by atoms with Crippen LogP contribution in [-0.4, -0.2) is 34.6 Å². The number of unbranched alkanes of at least 4 members (excludes halogenated alkanes) is 4. The number of carboxylic acid groups (broad SMARTS) is 1. The number of ether oxygens (including phenoxy) is 1. The van der Waals surface area contributed by atoms with Gasteiger partial charge in [0.25, 0.3) is 5.91 Å². The third-order valence-corrected chi connectivity index (χ3v) is 8.51. The first kappa shape index (κ1) is 32.0. The maximum Gasteiger partial charge on any atom is 0.326 e. The summed E-state index contributed by atoms with van der Waals surface area (Å²) >= 11 is 1.60.